The number of hydrogen-bond acceptors (Lipinski definition) is 4. The van der Waals surface area contributed by atoms with Gasteiger partial charge in [-0.3, -0.25) is 4.79 Å². The summed E-state index contributed by atoms with van der Waals surface area (Å²) in [7, 11) is 0. The molecule has 0 bridgehead atoms. The van der Waals surface area contributed by atoms with Crippen LogP contribution in [0.2, 0.25) is 0 Å². The van der Waals surface area contributed by atoms with E-state index >= 15 is 0 Å². The first-order chi connectivity index (χ1) is 6.70. The van der Waals surface area contributed by atoms with E-state index in [2.05, 4.69) is 0 Å². The fraction of sp³-hybridized carbons (Fsp3) is 0.800. The molecule has 0 aromatic heterocycles. The van der Waals surface area contributed by atoms with Crippen molar-refractivity contribution >= 4 is 12.1 Å². The number of carbonyl (C=O) groups is 2. The monoisotopic (exact) mass is 202 g/mol. The Hall–Kier alpha value is -0.740. The summed E-state index contributed by atoms with van der Waals surface area (Å²) in [5, 5.41) is 17.6. The lowest BCUT2D eigenvalue weighted by Gasteiger charge is -2.05. The van der Waals surface area contributed by atoms with Crippen LogP contribution in [0.1, 0.15) is 38.5 Å². The summed E-state index contributed by atoms with van der Waals surface area (Å²) in [5.74, 6) is -0.0164. The van der Waals surface area contributed by atoms with Crippen molar-refractivity contribution in [3.05, 3.63) is 0 Å². The fourth-order valence-corrected chi connectivity index (χ4v) is 1.17. The van der Waals surface area contributed by atoms with Gasteiger partial charge in [0.15, 0.2) is 0 Å². The minimum Gasteiger partial charge on any atom is -0.396 e. The van der Waals surface area contributed by atoms with Crippen LogP contribution in [0.15, 0.2) is 0 Å². The third-order valence-corrected chi connectivity index (χ3v) is 1.95. The second-order valence-corrected chi connectivity index (χ2v) is 3.33. The van der Waals surface area contributed by atoms with Gasteiger partial charge in [-0.2, -0.15) is 0 Å². The summed E-state index contributed by atoms with van der Waals surface area (Å²) in [6.45, 7) is 0.155. The molecule has 0 aliphatic carbocycles. The zero-order chi connectivity index (χ0) is 10.8. The van der Waals surface area contributed by atoms with E-state index in [4.69, 9.17) is 10.2 Å². The minimum absolute atomic E-state index is 0.0164. The maximum atomic E-state index is 11.2. The minimum atomic E-state index is -0.821. The molecule has 0 amide bonds. The third-order valence-electron chi connectivity index (χ3n) is 1.95. The number of rotatable bonds is 9. The average molecular weight is 202 g/mol. The zero-order valence-electron chi connectivity index (χ0n) is 8.32. The summed E-state index contributed by atoms with van der Waals surface area (Å²) >= 11 is 0. The van der Waals surface area contributed by atoms with E-state index in [0.29, 0.717) is 19.1 Å². The summed E-state index contributed by atoms with van der Waals surface area (Å²) < 4.78 is 0. The molecule has 1 atom stereocenters. The van der Waals surface area contributed by atoms with E-state index in [1.54, 1.807) is 0 Å². The van der Waals surface area contributed by atoms with Gasteiger partial charge in [-0.15, -0.1) is 0 Å². The van der Waals surface area contributed by atoms with Crippen molar-refractivity contribution in [1.29, 1.82) is 0 Å². The molecular formula is C10H18O4. The summed E-state index contributed by atoms with van der Waals surface area (Å²) in [6.07, 6.45) is 2.60. The van der Waals surface area contributed by atoms with Gasteiger partial charge < -0.3 is 15.0 Å². The van der Waals surface area contributed by atoms with E-state index < -0.39 is 6.10 Å². The number of aliphatic hydroxyl groups is 2. The molecule has 0 saturated heterocycles. The molecule has 0 aliphatic heterocycles. The number of Topliss-reactive ketones (excluding diaryl/α,β-unsaturated/α-hetero) is 1. The van der Waals surface area contributed by atoms with Gasteiger partial charge in [-0.25, -0.2) is 0 Å². The lowest BCUT2D eigenvalue weighted by Crippen LogP contribution is -2.13. The van der Waals surface area contributed by atoms with Gasteiger partial charge in [0.05, 0.1) is 6.10 Å². The largest absolute Gasteiger partial charge is 0.396 e. The summed E-state index contributed by atoms with van der Waals surface area (Å²) in [6, 6.07) is 0. The Morgan fingerprint density at radius 1 is 1.29 bits per heavy atom. The van der Waals surface area contributed by atoms with Gasteiger partial charge in [0.1, 0.15) is 12.1 Å². The van der Waals surface area contributed by atoms with Crippen LogP contribution in [0.3, 0.4) is 0 Å². The number of unbranched alkanes of at least 4 members (excludes halogenated alkanes) is 2. The van der Waals surface area contributed by atoms with Crippen LogP contribution in [0.25, 0.3) is 0 Å². The summed E-state index contributed by atoms with van der Waals surface area (Å²) in [4.78, 5) is 21.1. The molecule has 14 heavy (non-hydrogen) atoms. The van der Waals surface area contributed by atoms with Crippen LogP contribution in [-0.2, 0) is 9.59 Å². The molecule has 2 N–H and O–H groups in total. The van der Waals surface area contributed by atoms with Crippen molar-refractivity contribution in [3.8, 4) is 0 Å². The molecule has 0 radical (unpaired) electrons. The molecule has 0 heterocycles. The number of aliphatic hydroxyl groups excluding tert-OH is 2. The Balaban J connectivity index is 3.40. The quantitative estimate of drug-likeness (QED) is 0.420. The SMILES string of the molecule is O=CCC(O)CC(=O)CCCCCO. The van der Waals surface area contributed by atoms with Crippen molar-refractivity contribution in [2.45, 2.75) is 44.6 Å². The van der Waals surface area contributed by atoms with Gasteiger partial charge in [0.25, 0.3) is 0 Å². The normalized spacial score (nSPS) is 12.4. The predicted molar refractivity (Wildman–Crippen MR) is 51.9 cm³/mol. The maximum Gasteiger partial charge on any atom is 0.135 e. The standard InChI is InChI=1S/C10H18O4/c11-6-3-1-2-4-9(13)8-10(14)5-7-12/h7,10-11,14H,1-6,8H2. The second kappa shape index (κ2) is 8.84. The molecule has 0 aromatic carbocycles. The van der Waals surface area contributed by atoms with Crippen LogP contribution in [-0.4, -0.2) is 35.0 Å². The highest BCUT2D eigenvalue weighted by Crippen LogP contribution is 2.05. The van der Waals surface area contributed by atoms with Crippen LogP contribution in [0.4, 0.5) is 0 Å². The Morgan fingerprint density at radius 3 is 2.57 bits per heavy atom. The van der Waals surface area contributed by atoms with E-state index in [9.17, 15) is 9.59 Å². The predicted octanol–water partition coefficient (Wildman–Crippen LogP) is 0.448. The Kier molecular flexibility index (Phi) is 8.37. The van der Waals surface area contributed by atoms with Crippen molar-refractivity contribution in [1.82, 2.24) is 0 Å². The number of aldehydes is 1. The van der Waals surface area contributed by atoms with Crippen molar-refractivity contribution in [2.24, 2.45) is 0 Å². The molecule has 0 saturated carbocycles. The van der Waals surface area contributed by atoms with Crippen molar-refractivity contribution in [3.63, 3.8) is 0 Å². The smallest absolute Gasteiger partial charge is 0.135 e. The fourth-order valence-electron chi connectivity index (χ4n) is 1.17. The van der Waals surface area contributed by atoms with Crippen LogP contribution >= 0.6 is 0 Å². The van der Waals surface area contributed by atoms with Gasteiger partial charge in [-0.05, 0) is 12.8 Å². The highest BCUT2D eigenvalue weighted by Gasteiger charge is 2.09. The third kappa shape index (κ3) is 7.89. The lowest BCUT2D eigenvalue weighted by atomic mass is 10.1. The molecule has 82 valence electrons. The van der Waals surface area contributed by atoms with E-state index in [-0.39, 0.29) is 25.2 Å². The Morgan fingerprint density at radius 2 is 2.00 bits per heavy atom. The number of ketones is 1. The molecule has 0 fully saturated rings. The molecular weight excluding hydrogens is 184 g/mol. The number of carbonyl (C=O) groups excluding carboxylic acids is 2. The van der Waals surface area contributed by atoms with Crippen LogP contribution in [0, 0.1) is 0 Å². The molecule has 4 heteroatoms. The number of hydrogen-bond donors (Lipinski definition) is 2. The molecule has 0 aromatic rings. The van der Waals surface area contributed by atoms with Crippen molar-refractivity contribution < 1.29 is 19.8 Å². The van der Waals surface area contributed by atoms with E-state index in [1.165, 1.54) is 0 Å². The first-order valence-corrected chi connectivity index (χ1v) is 4.95. The van der Waals surface area contributed by atoms with Crippen LogP contribution < -0.4 is 0 Å². The molecule has 0 spiro atoms. The van der Waals surface area contributed by atoms with Crippen molar-refractivity contribution in [2.75, 3.05) is 6.61 Å². The average Bonchev–Trinajstić information content (AvgIpc) is 2.13. The zero-order valence-corrected chi connectivity index (χ0v) is 8.32. The van der Waals surface area contributed by atoms with Crippen LogP contribution in [0.5, 0.6) is 0 Å². The van der Waals surface area contributed by atoms with E-state index in [0.717, 1.165) is 12.8 Å². The summed E-state index contributed by atoms with van der Waals surface area (Å²) in [5.41, 5.74) is 0. The highest BCUT2D eigenvalue weighted by atomic mass is 16.3. The molecule has 4 nitrogen and oxygen atoms in total. The van der Waals surface area contributed by atoms with Gasteiger partial charge >= 0.3 is 0 Å². The topological polar surface area (TPSA) is 74.6 Å². The Bertz CT molecular complexity index is 168. The maximum absolute atomic E-state index is 11.2. The van der Waals surface area contributed by atoms with Gasteiger partial charge in [0, 0.05) is 25.9 Å². The molecule has 1 unspecified atom stereocenters. The lowest BCUT2D eigenvalue weighted by molar-refractivity contribution is -0.121. The molecule has 0 aliphatic rings. The Labute approximate surface area is 83.9 Å². The first kappa shape index (κ1) is 13.3. The first-order valence-electron chi connectivity index (χ1n) is 4.95. The highest BCUT2D eigenvalue weighted by molar-refractivity contribution is 5.79. The van der Waals surface area contributed by atoms with Gasteiger partial charge in [0.2, 0.25) is 0 Å². The second-order valence-electron chi connectivity index (χ2n) is 3.33. The van der Waals surface area contributed by atoms with Gasteiger partial charge in [-0.1, -0.05) is 6.42 Å². The van der Waals surface area contributed by atoms with E-state index in [1.807, 2.05) is 0 Å². The molecule has 0 rings (SSSR count).